The summed E-state index contributed by atoms with van der Waals surface area (Å²) < 4.78 is 22.2. The van der Waals surface area contributed by atoms with E-state index in [-0.39, 0.29) is 15.6 Å². The Hall–Kier alpha value is -0.820. The molecule has 3 N–H and O–H groups in total. The number of primary sulfonamides is 1. The molecule has 1 aromatic carbocycles. The number of anilines is 1. The van der Waals surface area contributed by atoms with E-state index in [0.717, 1.165) is 0 Å². The molecule has 1 rings (SSSR count). The molecule has 1 aromatic rings. The largest absolute Gasteiger partial charge is 0.323 e. The summed E-state index contributed by atoms with van der Waals surface area (Å²) in [7, 11) is -3.84. The average Bonchev–Trinajstić information content (AvgIpc) is 2.19. The fourth-order valence-corrected chi connectivity index (χ4v) is 1.77. The molecule has 0 aliphatic rings. The number of nitrogens with two attached hydrogens (primary N) is 1. The zero-order valence-corrected chi connectivity index (χ0v) is 11.1. The monoisotopic (exact) mass is 296 g/mol. The van der Waals surface area contributed by atoms with Crippen LogP contribution in [-0.2, 0) is 14.8 Å². The van der Waals surface area contributed by atoms with Gasteiger partial charge >= 0.3 is 0 Å². The molecule has 0 aliphatic heterocycles. The fraction of sp³-hybridized carbons (Fsp3) is 0.222. The first-order valence-corrected chi connectivity index (χ1v) is 6.85. The molecule has 94 valence electrons. The lowest BCUT2D eigenvalue weighted by Gasteiger charge is -2.09. The van der Waals surface area contributed by atoms with E-state index >= 15 is 0 Å². The number of rotatable bonds is 3. The molecule has 0 heterocycles. The molecule has 1 amide bonds. The van der Waals surface area contributed by atoms with Crippen molar-refractivity contribution in [1.82, 2.24) is 0 Å². The van der Waals surface area contributed by atoms with Crippen molar-refractivity contribution in [3.8, 4) is 0 Å². The van der Waals surface area contributed by atoms with Crippen LogP contribution < -0.4 is 10.5 Å². The number of carbonyl (C=O) groups excluding carboxylic acids is 1. The Morgan fingerprint density at radius 2 is 2.06 bits per heavy atom. The van der Waals surface area contributed by atoms with E-state index in [1.807, 2.05) is 0 Å². The van der Waals surface area contributed by atoms with Gasteiger partial charge in [-0.1, -0.05) is 11.6 Å². The van der Waals surface area contributed by atoms with Gasteiger partial charge in [-0.2, -0.15) is 0 Å². The van der Waals surface area contributed by atoms with Crippen LogP contribution in [-0.4, -0.2) is 19.7 Å². The molecule has 0 fully saturated rings. The predicted octanol–water partition coefficient (Wildman–Crippen LogP) is 1.55. The normalized spacial score (nSPS) is 13.2. The van der Waals surface area contributed by atoms with Gasteiger partial charge in [-0.15, -0.1) is 11.6 Å². The molecule has 17 heavy (non-hydrogen) atoms. The SMILES string of the molecule is CC(Cl)C(=O)Nc1cc(S(N)(=O)=O)ccc1Cl. The van der Waals surface area contributed by atoms with E-state index in [2.05, 4.69) is 5.32 Å². The van der Waals surface area contributed by atoms with E-state index in [1.54, 1.807) is 0 Å². The van der Waals surface area contributed by atoms with Crippen LogP contribution in [0.15, 0.2) is 23.1 Å². The van der Waals surface area contributed by atoms with Gasteiger partial charge in [0.05, 0.1) is 15.6 Å². The van der Waals surface area contributed by atoms with Crippen LogP contribution in [0, 0.1) is 0 Å². The molecule has 0 radical (unpaired) electrons. The molecular weight excluding hydrogens is 287 g/mol. The summed E-state index contributed by atoms with van der Waals surface area (Å²) in [6.07, 6.45) is 0. The highest BCUT2D eigenvalue weighted by molar-refractivity contribution is 7.89. The minimum absolute atomic E-state index is 0.139. The molecular formula is C9H10Cl2N2O3S. The maximum absolute atomic E-state index is 11.3. The maximum atomic E-state index is 11.3. The molecule has 0 spiro atoms. The van der Waals surface area contributed by atoms with Gasteiger partial charge in [0, 0.05) is 0 Å². The standard InChI is InChI=1S/C9H10Cl2N2O3S/c1-5(10)9(14)13-8-4-6(17(12,15)16)2-3-7(8)11/h2-5H,1H3,(H,13,14)(H2,12,15,16). The summed E-state index contributed by atoms with van der Waals surface area (Å²) in [6, 6.07) is 3.75. The van der Waals surface area contributed by atoms with Crippen LogP contribution in [0.3, 0.4) is 0 Å². The van der Waals surface area contributed by atoms with Crippen LogP contribution in [0.2, 0.25) is 5.02 Å². The lowest BCUT2D eigenvalue weighted by atomic mass is 10.3. The Morgan fingerprint density at radius 1 is 1.47 bits per heavy atom. The molecule has 0 saturated heterocycles. The lowest BCUT2D eigenvalue weighted by Crippen LogP contribution is -2.21. The number of amides is 1. The second-order valence-corrected chi connectivity index (χ2v) is 5.92. The summed E-state index contributed by atoms with van der Waals surface area (Å²) in [5.74, 6) is -0.486. The zero-order chi connectivity index (χ0) is 13.2. The average molecular weight is 297 g/mol. The van der Waals surface area contributed by atoms with Crippen molar-refractivity contribution in [2.24, 2.45) is 5.14 Å². The molecule has 0 bridgehead atoms. The van der Waals surface area contributed by atoms with Crippen LogP contribution >= 0.6 is 23.2 Å². The van der Waals surface area contributed by atoms with Crippen molar-refractivity contribution in [2.45, 2.75) is 17.2 Å². The van der Waals surface area contributed by atoms with Gasteiger partial charge < -0.3 is 5.32 Å². The first-order valence-electron chi connectivity index (χ1n) is 4.49. The van der Waals surface area contributed by atoms with Crippen molar-refractivity contribution < 1.29 is 13.2 Å². The predicted molar refractivity (Wildman–Crippen MR) is 66.8 cm³/mol. The second-order valence-electron chi connectivity index (χ2n) is 3.29. The Kier molecular flexibility index (Phi) is 4.37. The number of benzene rings is 1. The van der Waals surface area contributed by atoms with E-state index in [9.17, 15) is 13.2 Å². The number of hydrogen-bond donors (Lipinski definition) is 2. The molecule has 8 heteroatoms. The second kappa shape index (κ2) is 5.22. The minimum atomic E-state index is -3.84. The molecule has 0 aromatic heterocycles. The minimum Gasteiger partial charge on any atom is -0.323 e. The Balaban J connectivity index is 3.12. The number of halogens is 2. The van der Waals surface area contributed by atoms with Crippen molar-refractivity contribution in [3.63, 3.8) is 0 Å². The van der Waals surface area contributed by atoms with Gasteiger partial charge in [0.2, 0.25) is 15.9 Å². The first kappa shape index (κ1) is 14.2. The molecule has 1 atom stereocenters. The lowest BCUT2D eigenvalue weighted by molar-refractivity contribution is -0.115. The Bertz CT molecular complexity index is 543. The van der Waals surface area contributed by atoms with Gasteiger partial charge in [0.25, 0.3) is 0 Å². The topological polar surface area (TPSA) is 89.3 Å². The third-order valence-electron chi connectivity index (χ3n) is 1.89. The van der Waals surface area contributed by atoms with Crippen LogP contribution in [0.4, 0.5) is 5.69 Å². The number of alkyl halides is 1. The van der Waals surface area contributed by atoms with Crippen molar-refractivity contribution in [2.75, 3.05) is 5.32 Å². The summed E-state index contributed by atoms with van der Waals surface area (Å²) in [5.41, 5.74) is 0.149. The summed E-state index contributed by atoms with van der Waals surface area (Å²) >= 11 is 11.4. The zero-order valence-electron chi connectivity index (χ0n) is 8.78. The molecule has 0 aliphatic carbocycles. The van der Waals surface area contributed by atoms with E-state index in [1.165, 1.54) is 25.1 Å². The van der Waals surface area contributed by atoms with Crippen molar-refractivity contribution in [3.05, 3.63) is 23.2 Å². The number of carbonyl (C=O) groups is 1. The summed E-state index contributed by atoms with van der Waals surface area (Å²) in [4.78, 5) is 11.2. The third kappa shape index (κ3) is 3.85. The number of hydrogen-bond acceptors (Lipinski definition) is 3. The Labute approximate surface area is 109 Å². The maximum Gasteiger partial charge on any atom is 0.242 e. The quantitative estimate of drug-likeness (QED) is 0.829. The smallest absolute Gasteiger partial charge is 0.242 e. The van der Waals surface area contributed by atoms with Gasteiger partial charge in [-0.3, -0.25) is 4.79 Å². The molecule has 5 nitrogen and oxygen atoms in total. The van der Waals surface area contributed by atoms with Crippen LogP contribution in [0.5, 0.6) is 0 Å². The summed E-state index contributed by atoms with van der Waals surface area (Å²) in [6.45, 7) is 1.48. The van der Waals surface area contributed by atoms with Gasteiger partial charge in [0.15, 0.2) is 0 Å². The highest BCUT2D eigenvalue weighted by Gasteiger charge is 2.14. The van der Waals surface area contributed by atoms with Crippen LogP contribution in [0.1, 0.15) is 6.92 Å². The highest BCUT2D eigenvalue weighted by Crippen LogP contribution is 2.25. The van der Waals surface area contributed by atoms with Crippen LogP contribution in [0.25, 0.3) is 0 Å². The fourth-order valence-electron chi connectivity index (χ4n) is 1.01. The number of sulfonamides is 1. The Morgan fingerprint density at radius 3 is 2.53 bits per heavy atom. The number of nitrogens with one attached hydrogen (secondary N) is 1. The molecule has 1 unspecified atom stereocenters. The van der Waals surface area contributed by atoms with E-state index < -0.39 is 21.3 Å². The van der Waals surface area contributed by atoms with Gasteiger partial charge in [-0.25, -0.2) is 13.6 Å². The van der Waals surface area contributed by atoms with Gasteiger partial charge in [0.1, 0.15) is 5.38 Å². The van der Waals surface area contributed by atoms with E-state index in [0.29, 0.717) is 0 Å². The third-order valence-corrected chi connectivity index (χ3v) is 3.32. The molecule has 0 saturated carbocycles. The van der Waals surface area contributed by atoms with Gasteiger partial charge in [-0.05, 0) is 25.1 Å². The van der Waals surface area contributed by atoms with E-state index in [4.69, 9.17) is 28.3 Å². The first-order chi connectivity index (χ1) is 7.71. The van der Waals surface area contributed by atoms with Crippen molar-refractivity contribution in [1.29, 1.82) is 0 Å². The van der Waals surface area contributed by atoms with Crippen molar-refractivity contribution >= 4 is 44.8 Å². The highest BCUT2D eigenvalue weighted by atomic mass is 35.5. The summed E-state index contributed by atoms with van der Waals surface area (Å²) in [5, 5.41) is 6.79.